The van der Waals surface area contributed by atoms with E-state index < -0.39 is 18.0 Å². The van der Waals surface area contributed by atoms with Gasteiger partial charge in [0.15, 0.2) is 0 Å². The predicted molar refractivity (Wildman–Crippen MR) is 77.8 cm³/mol. The second-order valence-electron chi connectivity index (χ2n) is 3.94. The number of carboxylic acid groups (broad SMARTS) is 1. The quantitative estimate of drug-likeness (QED) is 0.395. The average Bonchev–Trinajstić information content (AvgIpc) is 2.90. The molecule has 0 aromatic carbocycles. The number of thioether (sulfide) groups is 1. The molecule has 8 heteroatoms. The maximum Gasteiger partial charge on any atom is 0.326 e. The first-order chi connectivity index (χ1) is 9.63. The van der Waals surface area contributed by atoms with Crippen LogP contribution in [0.2, 0.25) is 0 Å². The van der Waals surface area contributed by atoms with Gasteiger partial charge in [0.25, 0.3) is 0 Å². The summed E-state index contributed by atoms with van der Waals surface area (Å²) < 4.78 is 0. The lowest BCUT2D eigenvalue weighted by Crippen LogP contribution is -2.47. The number of nitrogens with zero attached hydrogens (tertiary/aromatic N) is 1. The van der Waals surface area contributed by atoms with E-state index in [9.17, 15) is 9.59 Å². The van der Waals surface area contributed by atoms with Gasteiger partial charge in [0.05, 0.1) is 6.33 Å². The Morgan fingerprint density at radius 2 is 2.40 bits per heavy atom. The summed E-state index contributed by atoms with van der Waals surface area (Å²) in [5.74, 6) is 0.481. The van der Waals surface area contributed by atoms with E-state index in [1.165, 1.54) is 12.5 Å². The van der Waals surface area contributed by atoms with Gasteiger partial charge in [-0.25, -0.2) is 14.6 Å². The molecule has 0 fully saturated rings. The van der Waals surface area contributed by atoms with Gasteiger partial charge in [-0.15, -0.1) is 6.58 Å². The molecule has 0 radical (unpaired) electrons. The van der Waals surface area contributed by atoms with Gasteiger partial charge in [0, 0.05) is 36.4 Å². The highest BCUT2D eigenvalue weighted by atomic mass is 32.2. The predicted octanol–water partition coefficient (Wildman–Crippen LogP) is 0.624. The van der Waals surface area contributed by atoms with Gasteiger partial charge in [-0.2, -0.15) is 11.8 Å². The maximum absolute atomic E-state index is 11.6. The first kappa shape index (κ1) is 16.1. The lowest BCUT2D eigenvalue weighted by molar-refractivity contribution is -0.139. The summed E-state index contributed by atoms with van der Waals surface area (Å²) in [4.78, 5) is 29.3. The standard InChI is InChI=1S/C12H18N4O3S/c1-2-4-20-5-3-14-12(19)16-10(11(17)18)6-9-7-13-8-15-9/h2,7-8,10H,1,3-6H2,(H,13,15)(H,17,18)(H2,14,16,19)/t10-/m1/s1. The number of carboxylic acids is 1. The van der Waals surface area contributed by atoms with Crippen LogP contribution in [-0.4, -0.2) is 51.2 Å². The fourth-order valence-corrected chi connectivity index (χ4v) is 2.01. The van der Waals surface area contributed by atoms with Gasteiger partial charge in [-0.1, -0.05) is 6.08 Å². The SMILES string of the molecule is C=CCSCCNC(=O)N[C@H](Cc1cnc[nH]1)C(=O)O. The molecule has 2 amide bonds. The molecule has 20 heavy (non-hydrogen) atoms. The Morgan fingerprint density at radius 1 is 1.60 bits per heavy atom. The summed E-state index contributed by atoms with van der Waals surface area (Å²) in [5.41, 5.74) is 0.652. The number of carbonyl (C=O) groups excluding carboxylic acids is 1. The van der Waals surface area contributed by atoms with E-state index in [2.05, 4.69) is 27.2 Å². The maximum atomic E-state index is 11.6. The zero-order valence-electron chi connectivity index (χ0n) is 11.0. The number of aliphatic carboxylic acids is 1. The smallest absolute Gasteiger partial charge is 0.326 e. The van der Waals surface area contributed by atoms with Crippen molar-refractivity contribution in [2.75, 3.05) is 18.1 Å². The van der Waals surface area contributed by atoms with Crippen molar-refractivity contribution in [3.8, 4) is 0 Å². The molecule has 1 heterocycles. The lowest BCUT2D eigenvalue weighted by Gasteiger charge is -2.14. The fraction of sp³-hybridized carbons (Fsp3) is 0.417. The van der Waals surface area contributed by atoms with Crippen molar-refractivity contribution in [1.29, 1.82) is 0 Å². The molecule has 7 nitrogen and oxygen atoms in total. The highest BCUT2D eigenvalue weighted by Gasteiger charge is 2.20. The molecule has 1 aromatic rings. The molecule has 0 unspecified atom stereocenters. The zero-order chi connectivity index (χ0) is 14.8. The third kappa shape index (κ3) is 6.28. The molecule has 0 spiro atoms. The summed E-state index contributed by atoms with van der Waals surface area (Å²) >= 11 is 1.63. The Kier molecular flexibility index (Phi) is 7.26. The Balaban J connectivity index is 2.32. The highest BCUT2D eigenvalue weighted by Crippen LogP contribution is 1.99. The Morgan fingerprint density at radius 3 is 3.00 bits per heavy atom. The number of hydrogen-bond donors (Lipinski definition) is 4. The lowest BCUT2D eigenvalue weighted by atomic mass is 10.2. The molecular formula is C12H18N4O3S. The largest absolute Gasteiger partial charge is 0.480 e. The van der Waals surface area contributed by atoms with E-state index in [4.69, 9.17) is 5.11 Å². The molecule has 0 bridgehead atoms. The zero-order valence-corrected chi connectivity index (χ0v) is 11.8. The van der Waals surface area contributed by atoms with Crippen molar-refractivity contribution in [3.05, 3.63) is 30.9 Å². The van der Waals surface area contributed by atoms with Crippen molar-refractivity contribution in [2.24, 2.45) is 0 Å². The number of nitrogens with one attached hydrogen (secondary N) is 3. The molecule has 110 valence electrons. The Hall–Kier alpha value is -1.96. The minimum absolute atomic E-state index is 0.161. The van der Waals surface area contributed by atoms with Crippen molar-refractivity contribution in [2.45, 2.75) is 12.5 Å². The second-order valence-corrected chi connectivity index (χ2v) is 5.09. The average molecular weight is 298 g/mol. The monoisotopic (exact) mass is 298 g/mol. The molecule has 1 aromatic heterocycles. The third-order valence-electron chi connectivity index (χ3n) is 2.35. The van der Waals surface area contributed by atoms with Crippen molar-refractivity contribution in [3.63, 3.8) is 0 Å². The van der Waals surface area contributed by atoms with Crippen LogP contribution in [0.25, 0.3) is 0 Å². The second kappa shape index (κ2) is 9.03. The van der Waals surface area contributed by atoms with E-state index in [0.717, 1.165) is 11.5 Å². The normalized spacial score (nSPS) is 11.6. The van der Waals surface area contributed by atoms with Gasteiger partial charge >= 0.3 is 12.0 Å². The van der Waals surface area contributed by atoms with Gasteiger partial charge < -0.3 is 20.7 Å². The summed E-state index contributed by atoms with van der Waals surface area (Å²) in [6, 6.07) is -1.48. The molecule has 0 saturated carbocycles. The van der Waals surface area contributed by atoms with Gasteiger partial charge in [0.2, 0.25) is 0 Å². The van der Waals surface area contributed by atoms with Crippen LogP contribution in [0.15, 0.2) is 25.2 Å². The van der Waals surface area contributed by atoms with E-state index in [-0.39, 0.29) is 6.42 Å². The van der Waals surface area contributed by atoms with Crippen LogP contribution in [-0.2, 0) is 11.2 Å². The number of hydrogen-bond acceptors (Lipinski definition) is 4. The summed E-state index contributed by atoms with van der Waals surface area (Å²) in [7, 11) is 0. The molecule has 1 rings (SSSR count). The number of rotatable bonds is 9. The van der Waals surface area contributed by atoms with E-state index in [1.807, 2.05) is 0 Å². The Bertz CT molecular complexity index is 436. The minimum atomic E-state index is -1.09. The van der Waals surface area contributed by atoms with Crippen molar-refractivity contribution < 1.29 is 14.7 Å². The van der Waals surface area contributed by atoms with E-state index in [1.54, 1.807) is 17.8 Å². The van der Waals surface area contributed by atoms with Gasteiger partial charge in [-0.3, -0.25) is 0 Å². The molecule has 4 N–H and O–H groups in total. The number of amides is 2. The first-order valence-corrected chi connectivity index (χ1v) is 7.22. The summed E-state index contributed by atoms with van der Waals surface area (Å²) in [6.45, 7) is 4.07. The van der Waals surface area contributed by atoms with Crippen LogP contribution in [0, 0.1) is 0 Å². The van der Waals surface area contributed by atoms with Crippen LogP contribution >= 0.6 is 11.8 Å². The van der Waals surface area contributed by atoms with Crippen LogP contribution in [0.3, 0.4) is 0 Å². The number of aromatic amines is 1. The van der Waals surface area contributed by atoms with Crippen LogP contribution in [0.4, 0.5) is 4.79 Å². The Labute approximate surface area is 121 Å². The van der Waals surface area contributed by atoms with Crippen molar-refractivity contribution in [1.82, 2.24) is 20.6 Å². The molecule has 0 aliphatic rings. The van der Waals surface area contributed by atoms with Crippen LogP contribution in [0.1, 0.15) is 5.69 Å². The minimum Gasteiger partial charge on any atom is -0.480 e. The number of H-pyrrole nitrogens is 1. The number of urea groups is 1. The topological polar surface area (TPSA) is 107 Å². The molecular weight excluding hydrogens is 280 g/mol. The highest BCUT2D eigenvalue weighted by molar-refractivity contribution is 7.99. The molecule has 0 aliphatic heterocycles. The number of imidazole rings is 1. The third-order valence-corrected chi connectivity index (χ3v) is 3.31. The summed E-state index contributed by atoms with van der Waals surface area (Å²) in [6.07, 6.45) is 4.94. The fourth-order valence-electron chi connectivity index (χ4n) is 1.43. The van der Waals surface area contributed by atoms with Crippen molar-refractivity contribution >= 4 is 23.8 Å². The molecule has 1 atom stereocenters. The van der Waals surface area contributed by atoms with Crippen LogP contribution < -0.4 is 10.6 Å². The van der Waals surface area contributed by atoms with E-state index in [0.29, 0.717) is 12.2 Å². The van der Waals surface area contributed by atoms with E-state index >= 15 is 0 Å². The van der Waals surface area contributed by atoms with Gasteiger partial charge in [-0.05, 0) is 0 Å². The first-order valence-electron chi connectivity index (χ1n) is 6.06. The summed E-state index contributed by atoms with van der Waals surface area (Å²) in [5, 5.41) is 14.1. The number of aromatic nitrogens is 2. The van der Waals surface area contributed by atoms with Crippen LogP contribution in [0.5, 0.6) is 0 Å². The van der Waals surface area contributed by atoms with Gasteiger partial charge in [0.1, 0.15) is 6.04 Å². The molecule has 0 saturated heterocycles. The molecule has 0 aliphatic carbocycles. The number of carbonyl (C=O) groups is 2.